The van der Waals surface area contributed by atoms with Gasteiger partial charge in [-0.25, -0.2) is 0 Å². The van der Waals surface area contributed by atoms with Crippen LogP contribution in [0.2, 0.25) is 0 Å². The molecule has 1 heteroatoms. The monoisotopic (exact) mass is 214 g/mol. The van der Waals surface area contributed by atoms with E-state index in [2.05, 4.69) is 41.5 Å². The fourth-order valence-corrected chi connectivity index (χ4v) is 2.45. The number of aliphatic hydroxyl groups is 1. The van der Waals surface area contributed by atoms with Crippen LogP contribution in [0.4, 0.5) is 0 Å². The summed E-state index contributed by atoms with van der Waals surface area (Å²) in [6, 6.07) is 0. The smallest absolute Gasteiger partial charge is 0.0568 e. The Morgan fingerprint density at radius 1 is 0.733 bits per heavy atom. The van der Waals surface area contributed by atoms with Gasteiger partial charge in [0.15, 0.2) is 0 Å². The molecule has 3 atom stereocenters. The molecule has 3 unspecified atom stereocenters. The van der Waals surface area contributed by atoms with E-state index in [1.807, 2.05) is 0 Å². The van der Waals surface area contributed by atoms with Crippen LogP contribution >= 0.6 is 0 Å². The van der Waals surface area contributed by atoms with E-state index in [0.717, 1.165) is 18.8 Å². The Balaban J connectivity index is 3.84. The first-order chi connectivity index (χ1) is 6.82. The van der Waals surface area contributed by atoms with Gasteiger partial charge < -0.3 is 5.11 Å². The third kappa shape index (κ3) is 7.84. The lowest BCUT2D eigenvalue weighted by molar-refractivity contribution is 0.0785. The molecule has 15 heavy (non-hydrogen) atoms. The van der Waals surface area contributed by atoms with Crippen LogP contribution in [-0.2, 0) is 0 Å². The molecule has 0 saturated heterocycles. The second-order valence-electron chi connectivity index (χ2n) is 6.14. The average Bonchev–Trinajstić information content (AvgIpc) is 2.00. The topological polar surface area (TPSA) is 20.2 Å². The van der Waals surface area contributed by atoms with Gasteiger partial charge >= 0.3 is 0 Å². The van der Waals surface area contributed by atoms with E-state index < -0.39 is 0 Å². The molecule has 0 aliphatic carbocycles. The molecule has 0 aromatic heterocycles. The summed E-state index contributed by atoms with van der Waals surface area (Å²) in [7, 11) is 0. The molecule has 0 saturated carbocycles. The minimum Gasteiger partial charge on any atom is -0.393 e. The van der Waals surface area contributed by atoms with Crippen LogP contribution in [0.5, 0.6) is 0 Å². The number of aliphatic hydroxyl groups excluding tert-OH is 1. The van der Waals surface area contributed by atoms with Crippen LogP contribution in [0.3, 0.4) is 0 Å². The molecule has 0 radical (unpaired) electrons. The molecule has 0 aromatic rings. The van der Waals surface area contributed by atoms with Crippen molar-refractivity contribution in [3.63, 3.8) is 0 Å². The summed E-state index contributed by atoms with van der Waals surface area (Å²) in [5.41, 5.74) is 0. The Hall–Kier alpha value is -0.0400. The SMILES string of the molecule is CC(C)CC(C)CC(O)C(C)CC(C)C. The van der Waals surface area contributed by atoms with Gasteiger partial charge in [0.2, 0.25) is 0 Å². The summed E-state index contributed by atoms with van der Waals surface area (Å²) >= 11 is 0. The molecule has 0 amide bonds. The quantitative estimate of drug-likeness (QED) is 0.676. The van der Waals surface area contributed by atoms with E-state index in [4.69, 9.17) is 0 Å². The van der Waals surface area contributed by atoms with Crippen LogP contribution in [0.25, 0.3) is 0 Å². The second kappa shape index (κ2) is 7.27. The van der Waals surface area contributed by atoms with Crippen LogP contribution in [-0.4, -0.2) is 11.2 Å². The van der Waals surface area contributed by atoms with E-state index in [0.29, 0.717) is 17.8 Å². The third-order valence-corrected chi connectivity index (χ3v) is 3.02. The maximum Gasteiger partial charge on any atom is 0.0568 e. The molecule has 0 aromatic carbocycles. The first-order valence-electron chi connectivity index (χ1n) is 6.51. The van der Waals surface area contributed by atoms with Gasteiger partial charge in [-0.15, -0.1) is 0 Å². The number of hydrogen-bond acceptors (Lipinski definition) is 1. The fraction of sp³-hybridized carbons (Fsp3) is 1.00. The van der Waals surface area contributed by atoms with Crippen molar-refractivity contribution < 1.29 is 5.11 Å². The van der Waals surface area contributed by atoms with E-state index in [9.17, 15) is 5.11 Å². The Labute approximate surface area is 96.3 Å². The predicted molar refractivity (Wildman–Crippen MR) is 67.9 cm³/mol. The van der Waals surface area contributed by atoms with Crippen LogP contribution in [0, 0.1) is 23.7 Å². The van der Waals surface area contributed by atoms with Gasteiger partial charge in [-0.3, -0.25) is 0 Å². The van der Waals surface area contributed by atoms with Crippen LogP contribution < -0.4 is 0 Å². The maximum absolute atomic E-state index is 10.0. The van der Waals surface area contributed by atoms with Crippen molar-refractivity contribution in [2.24, 2.45) is 23.7 Å². The van der Waals surface area contributed by atoms with Crippen molar-refractivity contribution in [1.29, 1.82) is 0 Å². The van der Waals surface area contributed by atoms with Crippen molar-refractivity contribution in [1.82, 2.24) is 0 Å². The summed E-state index contributed by atoms with van der Waals surface area (Å²) in [6.45, 7) is 13.4. The van der Waals surface area contributed by atoms with E-state index in [1.54, 1.807) is 0 Å². The Kier molecular flexibility index (Phi) is 7.25. The zero-order valence-electron chi connectivity index (χ0n) is 11.5. The standard InChI is InChI=1S/C14H30O/c1-10(2)7-12(5)9-14(15)13(6)8-11(3)4/h10-15H,7-9H2,1-6H3. The van der Waals surface area contributed by atoms with Crippen molar-refractivity contribution >= 4 is 0 Å². The molecule has 0 bridgehead atoms. The predicted octanol–water partition coefficient (Wildman–Crippen LogP) is 4.10. The highest BCUT2D eigenvalue weighted by atomic mass is 16.3. The number of hydrogen-bond donors (Lipinski definition) is 1. The molecule has 0 heterocycles. The third-order valence-electron chi connectivity index (χ3n) is 3.02. The molecule has 0 aliphatic heterocycles. The molecule has 0 rings (SSSR count). The number of rotatable bonds is 7. The van der Waals surface area contributed by atoms with Crippen molar-refractivity contribution in [3.8, 4) is 0 Å². The van der Waals surface area contributed by atoms with Gasteiger partial charge in [-0.05, 0) is 42.9 Å². The molecule has 1 nitrogen and oxygen atoms in total. The Morgan fingerprint density at radius 3 is 1.60 bits per heavy atom. The minimum atomic E-state index is -0.110. The van der Waals surface area contributed by atoms with Gasteiger partial charge in [0, 0.05) is 0 Å². The Morgan fingerprint density at radius 2 is 1.20 bits per heavy atom. The van der Waals surface area contributed by atoms with Gasteiger partial charge in [0.05, 0.1) is 6.10 Å². The summed E-state index contributed by atoms with van der Waals surface area (Å²) in [4.78, 5) is 0. The van der Waals surface area contributed by atoms with Gasteiger partial charge in [0.1, 0.15) is 0 Å². The largest absolute Gasteiger partial charge is 0.393 e. The lowest BCUT2D eigenvalue weighted by atomic mass is 9.86. The Bertz CT molecular complexity index is 151. The zero-order chi connectivity index (χ0) is 12.0. The molecule has 1 N–H and O–H groups in total. The van der Waals surface area contributed by atoms with Crippen LogP contribution in [0.15, 0.2) is 0 Å². The van der Waals surface area contributed by atoms with Gasteiger partial charge in [-0.2, -0.15) is 0 Å². The first-order valence-corrected chi connectivity index (χ1v) is 6.51. The van der Waals surface area contributed by atoms with E-state index in [1.165, 1.54) is 6.42 Å². The summed E-state index contributed by atoms with van der Waals surface area (Å²) in [6.07, 6.45) is 3.22. The highest BCUT2D eigenvalue weighted by molar-refractivity contribution is 4.69. The van der Waals surface area contributed by atoms with Crippen molar-refractivity contribution in [2.75, 3.05) is 0 Å². The molecule has 92 valence electrons. The average molecular weight is 214 g/mol. The molecular weight excluding hydrogens is 184 g/mol. The summed E-state index contributed by atoms with van der Waals surface area (Å²) in [5, 5.41) is 10.0. The van der Waals surface area contributed by atoms with Gasteiger partial charge in [-0.1, -0.05) is 41.5 Å². The second-order valence-corrected chi connectivity index (χ2v) is 6.14. The molecule has 0 fully saturated rings. The van der Waals surface area contributed by atoms with E-state index >= 15 is 0 Å². The molecular formula is C14H30O. The maximum atomic E-state index is 10.0. The van der Waals surface area contributed by atoms with Gasteiger partial charge in [0.25, 0.3) is 0 Å². The lowest BCUT2D eigenvalue weighted by Gasteiger charge is -2.24. The lowest BCUT2D eigenvalue weighted by Crippen LogP contribution is -2.22. The molecule has 0 spiro atoms. The van der Waals surface area contributed by atoms with Crippen molar-refractivity contribution in [3.05, 3.63) is 0 Å². The molecule has 0 aliphatic rings. The van der Waals surface area contributed by atoms with Crippen molar-refractivity contribution in [2.45, 2.75) is 66.9 Å². The summed E-state index contributed by atoms with van der Waals surface area (Å²) < 4.78 is 0. The minimum absolute atomic E-state index is 0.110. The first kappa shape index (κ1) is 15.0. The van der Waals surface area contributed by atoms with E-state index in [-0.39, 0.29) is 6.10 Å². The fourth-order valence-electron chi connectivity index (χ4n) is 2.45. The normalized spacial score (nSPS) is 18.2. The zero-order valence-corrected chi connectivity index (χ0v) is 11.5. The van der Waals surface area contributed by atoms with Crippen LogP contribution in [0.1, 0.15) is 60.8 Å². The highest BCUT2D eigenvalue weighted by Crippen LogP contribution is 2.23. The highest BCUT2D eigenvalue weighted by Gasteiger charge is 2.18. The summed E-state index contributed by atoms with van der Waals surface area (Å²) in [5.74, 6) is 2.52.